The van der Waals surface area contributed by atoms with Gasteiger partial charge in [-0.05, 0) is 34.7 Å². The molecule has 0 saturated heterocycles. The molecule has 0 fully saturated rings. The maximum atomic E-state index is 12.3. The summed E-state index contributed by atoms with van der Waals surface area (Å²) >= 11 is 0. The Morgan fingerprint density at radius 2 is 1.65 bits per heavy atom. The molecule has 0 spiro atoms. The van der Waals surface area contributed by atoms with Gasteiger partial charge in [-0.2, -0.15) is 0 Å². The van der Waals surface area contributed by atoms with E-state index in [1.807, 2.05) is 36.4 Å². The number of aliphatic hydroxyl groups excluding tert-OH is 2. The van der Waals surface area contributed by atoms with E-state index in [0.717, 1.165) is 22.3 Å². The van der Waals surface area contributed by atoms with E-state index in [0.29, 0.717) is 0 Å². The molecule has 34 heavy (non-hydrogen) atoms. The number of ether oxygens (including phenoxy) is 2. The SMILES string of the molecule is COC(=O)c1ncccc1C(O)C(O)CCNC(=O)OCC1c2ccccc2-c2ccccc21. The van der Waals surface area contributed by atoms with Gasteiger partial charge in [0.1, 0.15) is 12.7 Å². The number of hydrogen-bond acceptors (Lipinski definition) is 7. The van der Waals surface area contributed by atoms with Gasteiger partial charge >= 0.3 is 12.1 Å². The van der Waals surface area contributed by atoms with Crippen LogP contribution in [0.15, 0.2) is 66.9 Å². The molecule has 0 saturated carbocycles. The molecule has 0 aliphatic heterocycles. The van der Waals surface area contributed by atoms with Crippen LogP contribution in [0.5, 0.6) is 0 Å². The van der Waals surface area contributed by atoms with Crippen LogP contribution in [0.3, 0.4) is 0 Å². The number of aliphatic hydroxyl groups is 2. The molecule has 3 aromatic rings. The smallest absolute Gasteiger partial charge is 0.407 e. The number of pyridine rings is 1. The summed E-state index contributed by atoms with van der Waals surface area (Å²) in [6, 6.07) is 19.2. The number of carbonyl (C=O) groups is 2. The quantitative estimate of drug-likeness (QED) is 0.440. The second-order valence-electron chi connectivity index (χ2n) is 7.99. The largest absolute Gasteiger partial charge is 0.464 e. The molecule has 3 N–H and O–H groups in total. The van der Waals surface area contributed by atoms with Crippen molar-refractivity contribution in [3.63, 3.8) is 0 Å². The Bertz CT molecular complexity index is 1140. The zero-order chi connectivity index (χ0) is 24.1. The third kappa shape index (κ3) is 4.78. The van der Waals surface area contributed by atoms with Crippen molar-refractivity contribution in [1.82, 2.24) is 10.3 Å². The molecule has 2 unspecified atom stereocenters. The van der Waals surface area contributed by atoms with Gasteiger partial charge in [0.05, 0.1) is 13.2 Å². The minimum absolute atomic E-state index is 0.0425. The first kappa shape index (κ1) is 23.4. The van der Waals surface area contributed by atoms with Gasteiger partial charge < -0.3 is 25.0 Å². The molecule has 1 aliphatic rings. The number of esters is 1. The average molecular weight is 463 g/mol. The predicted octanol–water partition coefficient (Wildman–Crippen LogP) is 3.19. The lowest BCUT2D eigenvalue weighted by atomic mass is 9.98. The fourth-order valence-corrected chi connectivity index (χ4v) is 4.26. The van der Waals surface area contributed by atoms with Crippen LogP contribution in [0, 0.1) is 0 Å². The van der Waals surface area contributed by atoms with Crippen LogP contribution in [0.25, 0.3) is 11.1 Å². The summed E-state index contributed by atoms with van der Waals surface area (Å²) in [7, 11) is 1.21. The van der Waals surface area contributed by atoms with Gasteiger partial charge in [-0.15, -0.1) is 0 Å². The number of alkyl carbamates (subject to hydrolysis) is 1. The summed E-state index contributed by atoms with van der Waals surface area (Å²) in [5.41, 5.74) is 4.61. The van der Waals surface area contributed by atoms with Crippen molar-refractivity contribution in [1.29, 1.82) is 0 Å². The first-order chi connectivity index (χ1) is 16.5. The molecular formula is C26H26N2O6. The highest BCUT2D eigenvalue weighted by molar-refractivity contribution is 5.88. The van der Waals surface area contributed by atoms with Crippen molar-refractivity contribution < 1.29 is 29.3 Å². The van der Waals surface area contributed by atoms with Gasteiger partial charge in [0, 0.05) is 24.2 Å². The summed E-state index contributed by atoms with van der Waals surface area (Å²) < 4.78 is 10.1. The molecule has 8 heteroatoms. The summed E-state index contributed by atoms with van der Waals surface area (Å²) in [5, 5.41) is 23.4. The highest BCUT2D eigenvalue weighted by atomic mass is 16.5. The summed E-state index contributed by atoms with van der Waals surface area (Å²) in [5.74, 6) is -0.758. The van der Waals surface area contributed by atoms with E-state index in [4.69, 9.17) is 4.74 Å². The van der Waals surface area contributed by atoms with Gasteiger partial charge in [0.15, 0.2) is 5.69 Å². The second kappa shape index (κ2) is 10.5. The third-order valence-electron chi connectivity index (χ3n) is 5.95. The Kier molecular flexibility index (Phi) is 7.20. The zero-order valence-electron chi connectivity index (χ0n) is 18.7. The van der Waals surface area contributed by atoms with E-state index in [9.17, 15) is 19.8 Å². The second-order valence-corrected chi connectivity index (χ2v) is 7.99. The van der Waals surface area contributed by atoms with Crippen molar-refractivity contribution in [3.8, 4) is 11.1 Å². The van der Waals surface area contributed by atoms with Crippen LogP contribution in [0.4, 0.5) is 4.79 Å². The molecule has 1 amide bonds. The monoisotopic (exact) mass is 462 g/mol. The molecule has 1 aliphatic carbocycles. The topological polar surface area (TPSA) is 118 Å². The van der Waals surface area contributed by atoms with Crippen LogP contribution in [0.1, 0.15) is 45.6 Å². The van der Waals surface area contributed by atoms with Gasteiger partial charge in [0.25, 0.3) is 0 Å². The van der Waals surface area contributed by atoms with Crippen LogP contribution < -0.4 is 5.32 Å². The van der Waals surface area contributed by atoms with Gasteiger partial charge in [-0.25, -0.2) is 14.6 Å². The Hall–Kier alpha value is -3.75. The third-order valence-corrected chi connectivity index (χ3v) is 5.95. The van der Waals surface area contributed by atoms with Crippen LogP contribution in [0.2, 0.25) is 0 Å². The maximum absolute atomic E-state index is 12.3. The molecule has 2 aromatic carbocycles. The molecule has 176 valence electrons. The lowest BCUT2D eigenvalue weighted by molar-refractivity contribution is 0.0122. The van der Waals surface area contributed by atoms with E-state index in [1.54, 1.807) is 6.07 Å². The van der Waals surface area contributed by atoms with E-state index >= 15 is 0 Å². The predicted molar refractivity (Wildman–Crippen MR) is 124 cm³/mol. The maximum Gasteiger partial charge on any atom is 0.407 e. The van der Waals surface area contributed by atoms with Crippen molar-refractivity contribution in [3.05, 3.63) is 89.2 Å². The summed E-state index contributed by atoms with van der Waals surface area (Å²) in [6.07, 6.45) is -1.78. The first-order valence-corrected chi connectivity index (χ1v) is 11.0. The highest BCUT2D eigenvalue weighted by Crippen LogP contribution is 2.44. The Morgan fingerprint density at radius 1 is 1.00 bits per heavy atom. The summed E-state index contributed by atoms with van der Waals surface area (Å²) in [4.78, 5) is 28.0. The first-order valence-electron chi connectivity index (χ1n) is 11.0. The van der Waals surface area contributed by atoms with Crippen molar-refractivity contribution >= 4 is 12.1 Å². The lowest BCUT2D eigenvalue weighted by Gasteiger charge is -2.20. The number of fused-ring (bicyclic) bond motifs is 3. The number of rotatable bonds is 8. The molecule has 2 atom stereocenters. The van der Waals surface area contributed by atoms with E-state index in [-0.39, 0.29) is 36.7 Å². The number of hydrogen-bond donors (Lipinski definition) is 3. The number of aromatic nitrogens is 1. The molecule has 4 rings (SSSR count). The molecule has 8 nitrogen and oxygen atoms in total. The van der Waals surface area contributed by atoms with Crippen molar-refractivity contribution in [2.45, 2.75) is 24.5 Å². The molecular weight excluding hydrogens is 436 g/mol. The van der Waals surface area contributed by atoms with Gasteiger partial charge in [0.2, 0.25) is 0 Å². The molecule has 1 heterocycles. The fraction of sp³-hybridized carbons (Fsp3) is 0.269. The van der Waals surface area contributed by atoms with Crippen molar-refractivity contribution in [2.24, 2.45) is 0 Å². The fourth-order valence-electron chi connectivity index (χ4n) is 4.26. The minimum atomic E-state index is -1.37. The average Bonchev–Trinajstić information content (AvgIpc) is 3.20. The number of methoxy groups -OCH3 is 1. The standard InChI is InChI=1S/C26H26N2O6/c1-33-25(31)23-20(11-6-13-27-23)24(30)22(29)12-14-28-26(32)34-15-21-18-9-4-2-7-16(18)17-8-3-5-10-19(17)21/h2-11,13,21-22,24,29-30H,12,14-15H2,1H3,(H,28,32). The number of benzene rings is 2. The van der Waals surface area contributed by atoms with Crippen LogP contribution in [-0.4, -0.2) is 53.6 Å². The molecule has 1 aromatic heterocycles. The molecule has 0 bridgehead atoms. The minimum Gasteiger partial charge on any atom is -0.464 e. The summed E-state index contributed by atoms with van der Waals surface area (Å²) in [6.45, 7) is 0.256. The highest BCUT2D eigenvalue weighted by Gasteiger charge is 2.29. The number of carbonyl (C=O) groups excluding carboxylic acids is 2. The van der Waals surface area contributed by atoms with Crippen LogP contribution in [-0.2, 0) is 9.47 Å². The van der Waals surface area contributed by atoms with Crippen LogP contribution >= 0.6 is 0 Å². The Morgan fingerprint density at radius 3 is 2.29 bits per heavy atom. The van der Waals surface area contributed by atoms with Gasteiger partial charge in [-0.1, -0.05) is 54.6 Å². The van der Waals surface area contributed by atoms with E-state index < -0.39 is 24.3 Å². The van der Waals surface area contributed by atoms with Gasteiger partial charge in [-0.3, -0.25) is 0 Å². The van der Waals surface area contributed by atoms with E-state index in [2.05, 4.69) is 27.2 Å². The number of nitrogens with zero attached hydrogens (tertiary/aromatic N) is 1. The lowest BCUT2D eigenvalue weighted by Crippen LogP contribution is -2.31. The zero-order valence-corrected chi connectivity index (χ0v) is 18.7. The Balaban J connectivity index is 1.30. The number of amides is 1. The number of nitrogens with one attached hydrogen (secondary N) is 1. The van der Waals surface area contributed by atoms with Crippen molar-refractivity contribution in [2.75, 3.05) is 20.3 Å². The normalized spacial score (nSPS) is 14.0. The molecule has 0 radical (unpaired) electrons. The Labute approximate surface area is 197 Å². The van der Waals surface area contributed by atoms with E-state index in [1.165, 1.54) is 19.4 Å².